The third-order valence-electron chi connectivity index (χ3n) is 3.77. The second-order valence-corrected chi connectivity index (χ2v) is 5.72. The van der Waals surface area contributed by atoms with E-state index in [-0.39, 0.29) is 6.04 Å². The molecular formula is C14H19F2N. The summed E-state index contributed by atoms with van der Waals surface area (Å²) >= 11 is 0. The van der Waals surface area contributed by atoms with Gasteiger partial charge in [0, 0.05) is 12.1 Å². The minimum atomic E-state index is -0.514. The second kappa shape index (κ2) is 4.37. The molecule has 0 bridgehead atoms. The van der Waals surface area contributed by atoms with Gasteiger partial charge in [0.2, 0.25) is 0 Å². The summed E-state index contributed by atoms with van der Waals surface area (Å²) in [6, 6.07) is 3.66. The van der Waals surface area contributed by atoms with Gasteiger partial charge in [0.15, 0.2) is 0 Å². The highest BCUT2D eigenvalue weighted by molar-refractivity contribution is 5.21. The van der Waals surface area contributed by atoms with Gasteiger partial charge in [-0.05, 0) is 48.9 Å². The van der Waals surface area contributed by atoms with Gasteiger partial charge in [-0.2, -0.15) is 0 Å². The first-order valence-corrected chi connectivity index (χ1v) is 6.08. The fourth-order valence-corrected chi connectivity index (χ4v) is 2.19. The molecule has 2 atom stereocenters. The Kier molecular flexibility index (Phi) is 3.21. The standard InChI is InChI=1S/C14H19F2N/c1-9(17-8-11-7-14(11,2)3)10-4-12(15)6-13(16)5-10/h4-6,9,11,17H,7-8H2,1-3H3. The summed E-state index contributed by atoms with van der Waals surface area (Å²) in [4.78, 5) is 0. The van der Waals surface area contributed by atoms with Crippen molar-refractivity contribution in [2.24, 2.45) is 11.3 Å². The fourth-order valence-electron chi connectivity index (χ4n) is 2.19. The van der Waals surface area contributed by atoms with Gasteiger partial charge >= 0.3 is 0 Å². The van der Waals surface area contributed by atoms with E-state index < -0.39 is 11.6 Å². The van der Waals surface area contributed by atoms with E-state index in [9.17, 15) is 8.78 Å². The van der Waals surface area contributed by atoms with Crippen LogP contribution in [0.2, 0.25) is 0 Å². The molecule has 94 valence electrons. The minimum absolute atomic E-state index is 0.0170. The molecule has 1 nitrogen and oxygen atoms in total. The number of hydrogen-bond donors (Lipinski definition) is 1. The topological polar surface area (TPSA) is 12.0 Å². The van der Waals surface area contributed by atoms with Crippen molar-refractivity contribution in [1.29, 1.82) is 0 Å². The summed E-state index contributed by atoms with van der Waals surface area (Å²) in [6.45, 7) is 7.33. The Morgan fingerprint density at radius 2 is 1.82 bits per heavy atom. The Hall–Kier alpha value is -0.960. The zero-order chi connectivity index (χ0) is 12.6. The molecule has 1 aliphatic rings. The lowest BCUT2D eigenvalue weighted by Crippen LogP contribution is -2.22. The first kappa shape index (κ1) is 12.5. The van der Waals surface area contributed by atoms with Crippen molar-refractivity contribution >= 4 is 0 Å². The molecule has 0 spiro atoms. The normalized spacial score (nSPS) is 23.5. The van der Waals surface area contributed by atoms with E-state index in [4.69, 9.17) is 0 Å². The summed E-state index contributed by atoms with van der Waals surface area (Å²) in [5.41, 5.74) is 1.10. The molecule has 1 N–H and O–H groups in total. The highest BCUT2D eigenvalue weighted by Gasteiger charge is 2.44. The molecule has 17 heavy (non-hydrogen) atoms. The molecule has 1 saturated carbocycles. The molecule has 1 aromatic carbocycles. The van der Waals surface area contributed by atoms with Crippen molar-refractivity contribution in [3.05, 3.63) is 35.4 Å². The lowest BCUT2D eigenvalue weighted by atomic mass is 10.1. The molecule has 1 fully saturated rings. The molecule has 0 saturated heterocycles. The maximum Gasteiger partial charge on any atom is 0.126 e. The quantitative estimate of drug-likeness (QED) is 0.845. The second-order valence-electron chi connectivity index (χ2n) is 5.72. The highest BCUT2D eigenvalue weighted by Crippen LogP contribution is 2.51. The SMILES string of the molecule is CC(NCC1CC1(C)C)c1cc(F)cc(F)c1. The molecule has 0 radical (unpaired) electrons. The number of rotatable bonds is 4. The molecule has 2 rings (SSSR count). The van der Waals surface area contributed by atoms with Crippen LogP contribution in [0, 0.1) is 23.0 Å². The average molecular weight is 239 g/mol. The van der Waals surface area contributed by atoms with Crippen molar-refractivity contribution in [2.75, 3.05) is 6.54 Å². The smallest absolute Gasteiger partial charge is 0.126 e. The van der Waals surface area contributed by atoms with Crippen molar-refractivity contribution in [1.82, 2.24) is 5.32 Å². The van der Waals surface area contributed by atoms with Gasteiger partial charge in [0.05, 0.1) is 0 Å². The number of halogens is 2. The maximum absolute atomic E-state index is 13.1. The number of hydrogen-bond acceptors (Lipinski definition) is 1. The van der Waals surface area contributed by atoms with Gasteiger partial charge in [0.1, 0.15) is 11.6 Å². The summed E-state index contributed by atoms with van der Waals surface area (Å²) < 4.78 is 26.1. The van der Waals surface area contributed by atoms with Crippen LogP contribution in [-0.2, 0) is 0 Å². The lowest BCUT2D eigenvalue weighted by molar-refractivity contribution is 0.481. The Morgan fingerprint density at radius 3 is 2.29 bits per heavy atom. The van der Waals surface area contributed by atoms with E-state index in [0.29, 0.717) is 16.9 Å². The predicted molar refractivity (Wildman–Crippen MR) is 64.7 cm³/mol. The summed E-state index contributed by atoms with van der Waals surface area (Å²) in [5.74, 6) is -0.343. The Bertz CT molecular complexity index is 394. The van der Waals surface area contributed by atoms with Crippen molar-refractivity contribution < 1.29 is 8.78 Å². The fraction of sp³-hybridized carbons (Fsp3) is 0.571. The summed E-state index contributed by atoms with van der Waals surface area (Å²) in [6.07, 6.45) is 1.23. The molecular weight excluding hydrogens is 220 g/mol. The van der Waals surface area contributed by atoms with Crippen LogP contribution in [0.1, 0.15) is 38.8 Å². The monoisotopic (exact) mass is 239 g/mol. The van der Waals surface area contributed by atoms with Gasteiger partial charge in [-0.25, -0.2) is 8.78 Å². The highest BCUT2D eigenvalue weighted by atomic mass is 19.1. The van der Waals surface area contributed by atoms with E-state index in [1.54, 1.807) is 0 Å². The minimum Gasteiger partial charge on any atom is -0.310 e. The maximum atomic E-state index is 13.1. The van der Waals surface area contributed by atoms with Crippen molar-refractivity contribution in [3.63, 3.8) is 0 Å². The van der Waals surface area contributed by atoms with Crippen LogP contribution in [0.4, 0.5) is 8.78 Å². The largest absolute Gasteiger partial charge is 0.310 e. The Morgan fingerprint density at radius 1 is 1.29 bits per heavy atom. The zero-order valence-corrected chi connectivity index (χ0v) is 10.6. The predicted octanol–water partition coefficient (Wildman–Crippen LogP) is 3.66. The van der Waals surface area contributed by atoms with Crippen LogP contribution in [0.25, 0.3) is 0 Å². The number of benzene rings is 1. The van der Waals surface area contributed by atoms with E-state index in [1.165, 1.54) is 18.6 Å². The van der Waals surface area contributed by atoms with E-state index in [0.717, 1.165) is 12.6 Å². The molecule has 3 heteroatoms. The average Bonchev–Trinajstić information content (AvgIpc) is 2.81. The van der Waals surface area contributed by atoms with Crippen LogP contribution in [0.15, 0.2) is 18.2 Å². The van der Waals surface area contributed by atoms with Gasteiger partial charge < -0.3 is 5.32 Å². The molecule has 1 aromatic rings. The van der Waals surface area contributed by atoms with Crippen LogP contribution in [-0.4, -0.2) is 6.54 Å². The molecule has 2 unspecified atom stereocenters. The van der Waals surface area contributed by atoms with Gasteiger partial charge in [-0.15, -0.1) is 0 Å². The summed E-state index contributed by atoms with van der Waals surface area (Å²) in [5, 5.41) is 3.34. The first-order chi connectivity index (χ1) is 7.88. The molecule has 0 aromatic heterocycles. The van der Waals surface area contributed by atoms with Crippen molar-refractivity contribution in [2.45, 2.75) is 33.2 Å². The molecule has 0 aliphatic heterocycles. The van der Waals surface area contributed by atoms with Crippen LogP contribution in [0.5, 0.6) is 0 Å². The number of nitrogens with one attached hydrogen (secondary N) is 1. The zero-order valence-electron chi connectivity index (χ0n) is 10.6. The van der Waals surface area contributed by atoms with E-state index in [1.807, 2.05) is 6.92 Å². The van der Waals surface area contributed by atoms with E-state index >= 15 is 0 Å². The van der Waals surface area contributed by atoms with Crippen molar-refractivity contribution in [3.8, 4) is 0 Å². The Balaban J connectivity index is 1.93. The molecule has 0 heterocycles. The van der Waals surface area contributed by atoms with Gasteiger partial charge in [-0.3, -0.25) is 0 Å². The van der Waals surface area contributed by atoms with Crippen LogP contribution >= 0.6 is 0 Å². The van der Waals surface area contributed by atoms with E-state index in [2.05, 4.69) is 19.2 Å². The first-order valence-electron chi connectivity index (χ1n) is 6.08. The summed E-state index contributed by atoms with van der Waals surface area (Å²) in [7, 11) is 0. The third-order valence-corrected chi connectivity index (χ3v) is 3.77. The molecule has 1 aliphatic carbocycles. The van der Waals surface area contributed by atoms with Crippen LogP contribution in [0.3, 0.4) is 0 Å². The van der Waals surface area contributed by atoms with Crippen LogP contribution < -0.4 is 5.32 Å². The van der Waals surface area contributed by atoms with Gasteiger partial charge in [-0.1, -0.05) is 13.8 Å². The van der Waals surface area contributed by atoms with Gasteiger partial charge in [0.25, 0.3) is 0 Å². The molecule has 0 amide bonds. The Labute approximate surface area is 101 Å². The third kappa shape index (κ3) is 3.03. The lowest BCUT2D eigenvalue weighted by Gasteiger charge is -2.15.